The van der Waals surface area contributed by atoms with Gasteiger partial charge in [0.1, 0.15) is 5.82 Å². The first-order chi connectivity index (χ1) is 17.6. The maximum atomic E-state index is 14.7. The van der Waals surface area contributed by atoms with Gasteiger partial charge in [-0.05, 0) is 12.1 Å². The number of anilines is 3. The Kier molecular flexibility index (Phi) is 6.16. The fourth-order valence-electron chi connectivity index (χ4n) is 4.21. The molecule has 0 unspecified atom stereocenters. The molecule has 1 aromatic heterocycles. The van der Waals surface area contributed by atoms with Crippen molar-refractivity contribution in [2.45, 2.75) is 6.54 Å². The van der Waals surface area contributed by atoms with Gasteiger partial charge in [0, 0.05) is 0 Å². The molecule has 3 heterocycles. The Morgan fingerprint density at radius 1 is 1.06 bits per heavy atom. The zero-order valence-corrected chi connectivity index (χ0v) is 21.8. The van der Waals surface area contributed by atoms with E-state index in [1.54, 1.807) is 24.4 Å². The van der Waals surface area contributed by atoms with E-state index < -0.39 is 0 Å². The number of rotatable bonds is 4. The van der Waals surface area contributed by atoms with Crippen molar-refractivity contribution in [1.29, 1.82) is 0 Å². The van der Waals surface area contributed by atoms with Gasteiger partial charge in [0.05, 0.1) is 0 Å². The van der Waals surface area contributed by atoms with Crippen molar-refractivity contribution in [3.8, 4) is 11.3 Å². The molecule has 3 aromatic carbocycles. The molecule has 0 amide bonds. The van der Waals surface area contributed by atoms with Crippen molar-refractivity contribution in [1.82, 2.24) is 9.97 Å². The minimum absolute atomic E-state index is 0.208. The monoisotopic (exact) mass is 609 g/mol. The summed E-state index contributed by atoms with van der Waals surface area (Å²) >= 11 is 6.15. The summed E-state index contributed by atoms with van der Waals surface area (Å²) in [5, 5.41) is 7.27. The van der Waals surface area contributed by atoms with E-state index >= 15 is 0 Å². The molecule has 36 heavy (non-hydrogen) atoms. The van der Waals surface area contributed by atoms with Gasteiger partial charge in [-0.2, -0.15) is 0 Å². The molecule has 0 radical (unpaired) electrons. The fraction of sp³-hybridized carbons (Fsp3) is 0.0741. The summed E-state index contributed by atoms with van der Waals surface area (Å²) < 4.78 is 18.3. The normalized spacial score (nSPS) is 14.1. The molecule has 9 heteroatoms. The van der Waals surface area contributed by atoms with Gasteiger partial charge in [-0.15, -0.1) is 0 Å². The van der Waals surface area contributed by atoms with Crippen LogP contribution in [0.1, 0.15) is 16.7 Å². The van der Waals surface area contributed by atoms with E-state index in [0.29, 0.717) is 35.3 Å². The number of hydrogen-bond donors (Lipinski definition) is 3. The molecule has 0 spiro atoms. The third-order valence-corrected chi connectivity index (χ3v) is 8.84. The van der Waals surface area contributed by atoms with Gasteiger partial charge >= 0.3 is 178 Å². The molecule has 0 aliphatic carbocycles. The zero-order chi connectivity index (χ0) is 24.6. The molecule has 0 saturated heterocycles. The molecule has 0 saturated carbocycles. The summed E-state index contributed by atoms with van der Waals surface area (Å²) in [6, 6.07) is 18.4. The van der Waals surface area contributed by atoms with Crippen molar-refractivity contribution in [3.05, 3.63) is 108 Å². The topological polar surface area (TPSA) is 88.2 Å². The van der Waals surface area contributed by atoms with Crippen molar-refractivity contribution >= 4 is 34.6 Å². The number of nitrogens with two attached hydrogens (primary N) is 1. The van der Waals surface area contributed by atoms with E-state index in [4.69, 9.17) is 27.3 Å². The van der Waals surface area contributed by atoms with Crippen LogP contribution in [0.25, 0.3) is 11.3 Å². The number of benzene rings is 3. The van der Waals surface area contributed by atoms with Crippen LogP contribution in [0.3, 0.4) is 0 Å². The Balaban J connectivity index is 1.38. The van der Waals surface area contributed by atoms with Crippen molar-refractivity contribution in [3.63, 3.8) is 0 Å². The summed E-state index contributed by atoms with van der Waals surface area (Å²) in [7, 11) is 0. The average Bonchev–Trinajstić information content (AvgIpc) is 3.05. The Morgan fingerprint density at radius 3 is 2.81 bits per heavy atom. The minimum atomic E-state index is -0.336. The summed E-state index contributed by atoms with van der Waals surface area (Å²) in [4.78, 5) is 14.1. The van der Waals surface area contributed by atoms with Crippen LogP contribution in [0.4, 0.5) is 21.7 Å². The van der Waals surface area contributed by atoms with Crippen LogP contribution < -0.4 is 37.6 Å². The van der Waals surface area contributed by atoms with Crippen molar-refractivity contribution in [2.75, 3.05) is 17.2 Å². The predicted octanol–water partition coefficient (Wildman–Crippen LogP) is 2.51. The molecule has 180 valence electrons. The number of aromatic nitrogens is 2. The first kappa shape index (κ1) is 23.1. The quantitative estimate of drug-likeness (QED) is 0.310. The predicted molar refractivity (Wildman–Crippen MR) is 137 cm³/mol. The van der Waals surface area contributed by atoms with Crippen LogP contribution in [0.2, 0.25) is 5.02 Å². The summed E-state index contributed by atoms with van der Waals surface area (Å²) in [5.74, 6) is 0.127. The molecule has 4 aromatic rings. The number of halogens is 3. The third kappa shape index (κ3) is 4.36. The third-order valence-electron chi connectivity index (χ3n) is 5.93. The Morgan fingerprint density at radius 2 is 1.94 bits per heavy atom. The van der Waals surface area contributed by atoms with Gasteiger partial charge in [-0.25, -0.2) is 4.39 Å². The zero-order valence-electron chi connectivity index (χ0n) is 18.9. The van der Waals surface area contributed by atoms with Gasteiger partial charge in [0.15, 0.2) is 0 Å². The molecular formula is C27H20ClFIN6-. The summed E-state index contributed by atoms with van der Waals surface area (Å²) in [6.45, 7) is 0.817. The van der Waals surface area contributed by atoms with Crippen molar-refractivity contribution < 1.29 is 25.6 Å². The van der Waals surface area contributed by atoms with Crippen LogP contribution in [0.5, 0.6) is 0 Å². The molecule has 2 aliphatic heterocycles. The second-order valence-corrected chi connectivity index (χ2v) is 11.1. The second kappa shape index (κ2) is 9.61. The number of nitrogens with zero attached hydrogens (tertiary/aromatic N) is 3. The second-order valence-electron chi connectivity index (χ2n) is 8.29. The van der Waals surface area contributed by atoms with Crippen LogP contribution in [0, 0.1) is 9.39 Å². The average molecular weight is 610 g/mol. The molecule has 2 aliphatic rings. The number of hydrogen-bond acceptors (Lipinski definition) is 6. The number of fused-ring (bicyclic) bond motifs is 4. The van der Waals surface area contributed by atoms with Crippen LogP contribution in [-0.2, 0) is 6.54 Å². The molecule has 4 N–H and O–H groups in total. The number of aliphatic imine (C=N–C) groups is 1. The van der Waals surface area contributed by atoms with Gasteiger partial charge in [-0.1, -0.05) is 23.7 Å². The standard InChI is InChI=1S/C27H20ClFIN6/c28-16-5-7-19-21(9-16)26(20-3-1-2-4-22(20)29)32-13-15-14-33-27(36-25(15)19)35-17-6-8-23-24(10-17)34-18(12-31)11-30-23/h1-11,14,34H,12-13,31H2,(H,33,35,36)/q-1. The molecular weight excluding hydrogens is 590 g/mol. The van der Waals surface area contributed by atoms with Crippen LogP contribution >= 0.6 is 11.6 Å². The number of nitrogens with one attached hydrogen (secondary N) is 2. The van der Waals surface area contributed by atoms with Gasteiger partial charge in [-0.3, -0.25) is 0 Å². The maximum absolute atomic E-state index is 14.7. The molecule has 0 bridgehead atoms. The Hall–Kier alpha value is -3.34. The van der Waals surface area contributed by atoms with Crippen LogP contribution in [-0.4, -0.2) is 22.2 Å². The molecule has 0 atom stereocenters. The van der Waals surface area contributed by atoms with E-state index in [-0.39, 0.29) is 27.0 Å². The Bertz CT molecular complexity index is 1570. The van der Waals surface area contributed by atoms with E-state index in [1.165, 1.54) is 9.64 Å². The van der Waals surface area contributed by atoms with Crippen LogP contribution in [0.15, 0.2) is 81.6 Å². The van der Waals surface area contributed by atoms with Gasteiger partial charge in [0.2, 0.25) is 0 Å². The van der Waals surface area contributed by atoms with E-state index in [9.17, 15) is 4.39 Å². The first-order valence-electron chi connectivity index (χ1n) is 11.3. The van der Waals surface area contributed by atoms with E-state index in [1.807, 2.05) is 24.3 Å². The summed E-state index contributed by atoms with van der Waals surface area (Å²) in [5.41, 5.74) is 12.9. The van der Waals surface area contributed by atoms with E-state index in [0.717, 1.165) is 39.5 Å². The van der Waals surface area contributed by atoms with E-state index in [2.05, 4.69) is 31.8 Å². The molecule has 0 fully saturated rings. The first-order valence-corrected chi connectivity index (χ1v) is 14.0. The van der Waals surface area contributed by atoms with Gasteiger partial charge in [0.25, 0.3) is 0 Å². The van der Waals surface area contributed by atoms with Gasteiger partial charge < -0.3 is 0 Å². The molecule has 6 nitrogen and oxygen atoms in total. The van der Waals surface area contributed by atoms with Crippen molar-refractivity contribution in [2.24, 2.45) is 10.7 Å². The fourth-order valence-corrected chi connectivity index (χ4v) is 6.52. The summed E-state index contributed by atoms with van der Waals surface area (Å²) in [6.07, 6.45) is 1.77. The molecule has 6 rings (SSSR count). The Labute approximate surface area is 222 Å². The SMILES string of the molecule is NCC1=C[I-]c2ccc(Nc3ncc4c(n3)-c3ccc(Cl)cc3C(c3ccccc3F)=NC4)cc2N1.